The van der Waals surface area contributed by atoms with Crippen LogP contribution in [-0.2, 0) is 22.5 Å². The van der Waals surface area contributed by atoms with E-state index in [1.165, 1.54) is 32.1 Å². The molecule has 6 nitrogen and oxygen atoms in total. The van der Waals surface area contributed by atoms with Gasteiger partial charge in [-0.05, 0) is 38.1 Å². The van der Waals surface area contributed by atoms with E-state index in [1.54, 1.807) is 7.11 Å². The molecule has 6 heteroatoms. The van der Waals surface area contributed by atoms with Gasteiger partial charge in [0.05, 0.1) is 24.0 Å². The highest BCUT2D eigenvalue weighted by molar-refractivity contribution is 5.06. The van der Waals surface area contributed by atoms with Crippen LogP contribution in [0.2, 0.25) is 0 Å². The zero-order chi connectivity index (χ0) is 17.5. The molecule has 1 aromatic heterocycles. The maximum atomic E-state index is 10.2. The predicted molar refractivity (Wildman–Crippen MR) is 94.3 cm³/mol. The van der Waals surface area contributed by atoms with Crippen LogP contribution in [0.15, 0.2) is 10.6 Å². The smallest absolute Gasteiger partial charge is 0.162 e. The molecule has 2 aliphatic rings. The van der Waals surface area contributed by atoms with E-state index in [0.29, 0.717) is 6.61 Å². The number of aliphatic hydroxyl groups is 1. The first-order valence-electron chi connectivity index (χ1n) is 9.72. The van der Waals surface area contributed by atoms with Gasteiger partial charge in [0.15, 0.2) is 5.76 Å². The van der Waals surface area contributed by atoms with Crippen LogP contribution in [0.3, 0.4) is 0 Å². The highest BCUT2D eigenvalue weighted by atomic mass is 16.5. The molecule has 1 aromatic rings. The Hall–Kier alpha value is -0.950. The Kier molecular flexibility index (Phi) is 7.28. The van der Waals surface area contributed by atoms with E-state index in [0.717, 1.165) is 49.7 Å². The quantitative estimate of drug-likeness (QED) is 0.748. The molecule has 0 bridgehead atoms. The van der Waals surface area contributed by atoms with Crippen molar-refractivity contribution < 1.29 is 19.1 Å². The van der Waals surface area contributed by atoms with Gasteiger partial charge >= 0.3 is 0 Å². The summed E-state index contributed by atoms with van der Waals surface area (Å²) in [7, 11) is 1.64. The van der Waals surface area contributed by atoms with Gasteiger partial charge in [0.1, 0.15) is 6.61 Å². The van der Waals surface area contributed by atoms with E-state index < -0.39 is 0 Å². The Labute approximate surface area is 150 Å². The first-order chi connectivity index (χ1) is 12.2. The monoisotopic (exact) mass is 352 g/mol. The van der Waals surface area contributed by atoms with Gasteiger partial charge < -0.3 is 24.4 Å². The second-order valence-corrected chi connectivity index (χ2v) is 7.53. The van der Waals surface area contributed by atoms with Crippen LogP contribution in [0, 0.1) is 5.92 Å². The van der Waals surface area contributed by atoms with E-state index in [1.807, 2.05) is 6.07 Å². The maximum Gasteiger partial charge on any atom is 0.162 e. The van der Waals surface area contributed by atoms with Gasteiger partial charge in [-0.15, -0.1) is 0 Å². The number of rotatable bonds is 8. The van der Waals surface area contributed by atoms with Crippen LogP contribution >= 0.6 is 0 Å². The van der Waals surface area contributed by atoms with Crippen LogP contribution in [0.4, 0.5) is 0 Å². The molecule has 3 rings (SSSR count). The lowest BCUT2D eigenvalue weighted by atomic mass is 9.89. The van der Waals surface area contributed by atoms with Crippen molar-refractivity contribution in [3.63, 3.8) is 0 Å². The lowest BCUT2D eigenvalue weighted by molar-refractivity contribution is -0.115. The normalized spacial score (nSPS) is 28.3. The summed E-state index contributed by atoms with van der Waals surface area (Å²) < 4.78 is 16.4. The van der Waals surface area contributed by atoms with E-state index in [9.17, 15) is 5.11 Å². The van der Waals surface area contributed by atoms with Gasteiger partial charge in [-0.1, -0.05) is 24.4 Å². The lowest BCUT2D eigenvalue weighted by Gasteiger charge is -2.34. The molecule has 0 radical (unpaired) electrons. The molecule has 0 unspecified atom stereocenters. The average Bonchev–Trinajstić information content (AvgIpc) is 3.06. The van der Waals surface area contributed by atoms with Gasteiger partial charge in [-0.2, -0.15) is 0 Å². The van der Waals surface area contributed by atoms with Crippen LogP contribution in [-0.4, -0.2) is 48.8 Å². The summed E-state index contributed by atoms with van der Waals surface area (Å²) in [5.74, 6) is 1.53. The third-order valence-corrected chi connectivity index (χ3v) is 5.42. The molecule has 1 saturated carbocycles. The minimum absolute atomic E-state index is 0.0883. The number of nitrogens with zero attached hydrogens (tertiary/aromatic N) is 1. The standard InChI is InChI=1S/C19H32N2O4/c1-23-13-17-10-15(21-25-17)9-16-7-8-18(22)19(24-16)12-20-11-14-5-3-2-4-6-14/h10,14,16,18-20,22H,2-9,11-13H2,1H3/t16-,18-,19+/m0/s1. The highest BCUT2D eigenvalue weighted by Crippen LogP contribution is 2.24. The zero-order valence-electron chi connectivity index (χ0n) is 15.3. The van der Waals surface area contributed by atoms with Gasteiger partial charge in [-0.25, -0.2) is 0 Å². The third kappa shape index (κ3) is 5.78. The maximum absolute atomic E-state index is 10.2. The Morgan fingerprint density at radius 3 is 2.84 bits per heavy atom. The molecule has 2 N–H and O–H groups in total. The third-order valence-electron chi connectivity index (χ3n) is 5.42. The van der Waals surface area contributed by atoms with Crippen molar-refractivity contribution in [2.75, 3.05) is 20.2 Å². The van der Waals surface area contributed by atoms with Crippen molar-refractivity contribution in [1.82, 2.24) is 10.5 Å². The summed E-state index contributed by atoms with van der Waals surface area (Å²) in [6, 6.07) is 1.92. The molecule has 3 atom stereocenters. The van der Waals surface area contributed by atoms with Gasteiger partial charge in [-0.3, -0.25) is 0 Å². The first-order valence-corrected chi connectivity index (χ1v) is 9.72. The number of aliphatic hydroxyl groups excluding tert-OH is 1. The Morgan fingerprint density at radius 1 is 1.20 bits per heavy atom. The molecule has 1 aliphatic heterocycles. The summed E-state index contributed by atoms with van der Waals surface area (Å²) in [4.78, 5) is 0. The molecule has 0 spiro atoms. The fourth-order valence-electron chi connectivity index (χ4n) is 4.00. The summed E-state index contributed by atoms with van der Waals surface area (Å²) in [5, 5.41) is 17.9. The summed E-state index contributed by atoms with van der Waals surface area (Å²) in [6.45, 7) is 2.20. The minimum Gasteiger partial charge on any atom is -0.390 e. The largest absolute Gasteiger partial charge is 0.390 e. The van der Waals surface area contributed by atoms with Crippen LogP contribution in [0.5, 0.6) is 0 Å². The Balaban J connectivity index is 1.42. The molecule has 0 aromatic carbocycles. The van der Waals surface area contributed by atoms with E-state index in [-0.39, 0.29) is 18.3 Å². The summed E-state index contributed by atoms with van der Waals surface area (Å²) in [6.07, 6.45) is 8.71. The van der Waals surface area contributed by atoms with Crippen LogP contribution in [0.25, 0.3) is 0 Å². The molecule has 2 fully saturated rings. The number of methoxy groups -OCH3 is 1. The second-order valence-electron chi connectivity index (χ2n) is 7.53. The van der Waals surface area contributed by atoms with Crippen LogP contribution in [0.1, 0.15) is 56.4 Å². The summed E-state index contributed by atoms with van der Waals surface area (Å²) in [5.41, 5.74) is 0.891. The molecular formula is C19H32N2O4. The van der Waals surface area contributed by atoms with Crippen molar-refractivity contribution in [2.45, 2.75) is 76.3 Å². The van der Waals surface area contributed by atoms with Crippen LogP contribution < -0.4 is 5.32 Å². The lowest BCUT2D eigenvalue weighted by Crippen LogP contribution is -2.46. The minimum atomic E-state index is -0.378. The van der Waals surface area contributed by atoms with Crippen molar-refractivity contribution in [3.05, 3.63) is 17.5 Å². The number of nitrogens with one attached hydrogen (secondary N) is 1. The highest BCUT2D eigenvalue weighted by Gasteiger charge is 2.30. The van der Waals surface area contributed by atoms with Crippen molar-refractivity contribution in [1.29, 1.82) is 0 Å². The zero-order valence-corrected chi connectivity index (χ0v) is 15.3. The average molecular weight is 352 g/mol. The second kappa shape index (κ2) is 9.67. The molecule has 1 aliphatic carbocycles. The SMILES string of the molecule is COCc1cc(C[C@@H]2CC[C@H](O)[C@@H](CNCC3CCCCC3)O2)no1. The van der Waals surface area contributed by atoms with E-state index in [2.05, 4.69) is 10.5 Å². The molecule has 25 heavy (non-hydrogen) atoms. The molecule has 2 heterocycles. The van der Waals surface area contributed by atoms with Gasteiger partial charge in [0.2, 0.25) is 0 Å². The predicted octanol–water partition coefficient (Wildman–Crippen LogP) is 2.44. The van der Waals surface area contributed by atoms with E-state index in [4.69, 9.17) is 14.0 Å². The number of ether oxygens (including phenoxy) is 2. The van der Waals surface area contributed by atoms with Gasteiger partial charge in [0, 0.05) is 26.1 Å². The topological polar surface area (TPSA) is 76.8 Å². The van der Waals surface area contributed by atoms with Crippen molar-refractivity contribution >= 4 is 0 Å². The number of hydrogen-bond donors (Lipinski definition) is 2. The molecular weight excluding hydrogens is 320 g/mol. The van der Waals surface area contributed by atoms with Crippen molar-refractivity contribution in [3.8, 4) is 0 Å². The molecule has 0 amide bonds. The van der Waals surface area contributed by atoms with Crippen molar-refractivity contribution in [2.24, 2.45) is 5.92 Å². The molecule has 1 saturated heterocycles. The number of hydrogen-bond acceptors (Lipinski definition) is 6. The Bertz CT molecular complexity index is 501. The fraction of sp³-hybridized carbons (Fsp3) is 0.842. The van der Waals surface area contributed by atoms with E-state index >= 15 is 0 Å². The Morgan fingerprint density at radius 2 is 2.04 bits per heavy atom. The molecule has 142 valence electrons. The fourth-order valence-corrected chi connectivity index (χ4v) is 4.00. The first kappa shape index (κ1) is 18.8. The number of aromatic nitrogens is 1. The van der Waals surface area contributed by atoms with Gasteiger partial charge in [0.25, 0.3) is 0 Å². The summed E-state index contributed by atoms with van der Waals surface area (Å²) >= 11 is 0.